The molecular weight excluding hydrogens is 188 g/mol. The maximum Gasteiger partial charge on any atom is 0.0724 e. The number of aryl methyl sites for hydroxylation is 1. The van der Waals surface area contributed by atoms with Crippen molar-refractivity contribution in [2.45, 2.75) is 13.3 Å². The van der Waals surface area contributed by atoms with E-state index in [1.807, 2.05) is 0 Å². The van der Waals surface area contributed by atoms with Crippen molar-refractivity contribution < 1.29 is 4.84 Å². The van der Waals surface area contributed by atoms with Crippen LogP contribution < -0.4 is 10.8 Å². The van der Waals surface area contributed by atoms with Gasteiger partial charge in [-0.05, 0) is 31.0 Å². The van der Waals surface area contributed by atoms with Gasteiger partial charge < -0.3 is 9.74 Å². The van der Waals surface area contributed by atoms with E-state index in [0.29, 0.717) is 12.5 Å². The fraction of sp³-hybridized carbons (Fsp3) is 0.500. The monoisotopic (exact) mass is 206 g/mol. The molecule has 1 aliphatic heterocycles. The van der Waals surface area contributed by atoms with Crippen LogP contribution in [0.25, 0.3) is 0 Å². The van der Waals surface area contributed by atoms with Crippen molar-refractivity contribution in [2.75, 3.05) is 24.6 Å². The number of hydrogen-bond acceptors (Lipinski definition) is 3. The van der Waals surface area contributed by atoms with Gasteiger partial charge >= 0.3 is 0 Å². The smallest absolute Gasteiger partial charge is 0.0724 e. The van der Waals surface area contributed by atoms with Gasteiger partial charge in [0.05, 0.1) is 6.61 Å². The van der Waals surface area contributed by atoms with E-state index in [1.165, 1.54) is 17.7 Å². The van der Waals surface area contributed by atoms with E-state index in [-0.39, 0.29) is 0 Å². The molecule has 0 aromatic heterocycles. The van der Waals surface area contributed by atoms with Crippen LogP contribution in [0.3, 0.4) is 0 Å². The predicted octanol–water partition coefficient (Wildman–Crippen LogP) is 1.71. The highest BCUT2D eigenvalue weighted by Crippen LogP contribution is 2.24. The highest BCUT2D eigenvalue weighted by molar-refractivity contribution is 5.49. The van der Waals surface area contributed by atoms with Crippen molar-refractivity contribution in [1.29, 1.82) is 0 Å². The van der Waals surface area contributed by atoms with Gasteiger partial charge in [0.2, 0.25) is 0 Å². The van der Waals surface area contributed by atoms with E-state index in [9.17, 15) is 0 Å². The molecule has 1 aromatic carbocycles. The standard InChI is InChI=1S/C12H18N2O/c1-10-3-2-4-12(7-10)14-6-5-11(8-14)9-15-13/h2-4,7,11H,5-6,8-9,13H2,1H3. The molecule has 82 valence electrons. The fourth-order valence-electron chi connectivity index (χ4n) is 2.16. The second-order valence-electron chi connectivity index (χ2n) is 4.27. The first-order valence-electron chi connectivity index (χ1n) is 5.43. The van der Waals surface area contributed by atoms with Crippen LogP contribution in [0.15, 0.2) is 24.3 Å². The quantitative estimate of drug-likeness (QED) is 0.765. The van der Waals surface area contributed by atoms with Gasteiger partial charge in [-0.3, -0.25) is 0 Å². The molecule has 1 heterocycles. The summed E-state index contributed by atoms with van der Waals surface area (Å²) in [5.41, 5.74) is 2.63. The summed E-state index contributed by atoms with van der Waals surface area (Å²) in [7, 11) is 0. The first-order chi connectivity index (χ1) is 7.29. The number of nitrogens with two attached hydrogens (primary N) is 1. The molecule has 2 N–H and O–H groups in total. The van der Waals surface area contributed by atoms with Crippen LogP contribution >= 0.6 is 0 Å². The van der Waals surface area contributed by atoms with Crippen LogP contribution in [0.2, 0.25) is 0 Å². The minimum atomic E-state index is 0.579. The molecule has 1 unspecified atom stereocenters. The summed E-state index contributed by atoms with van der Waals surface area (Å²) in [6.45, 7) is 4.96. The summed E-state index contributed by atoms with van der Waals surface area (Å²) in [6, 6.07) is 8.63. The normalized spacial score (nSPS) is 20.9. The van der Waals surface area contributed by atoms with Gasteiger partial charge in [0.15, 0.2) is 0 Å². The third kappa shape index (κ3) is 2.49. The van der Waals surface area contributed by atoms with Crippen molar-refractivity contribution in [2.24, 2.45) is 11.8 Å². The van der Waals surface area contributed by atoms with Gasteiger partial charge in [-0.1, -0.05) is 12.1 Å². The lowest BCUT2D eigenvalue weighted by Gasteiger charge is -2.18. The Balaban J connectivity index is 2.01. The van der Waals surface area contributed by atoms with E-state index >= 15 is 0 Å². The third-order valence-electron chi connectivity index (χ3n) is 2.98. The minimum Gasteiger partial charge on any atom is -0.371 e. The molecule has 1 aliphatic rings. The molecule has 0 bridgehead atoms. The molecule has 1 fully saturated rings. The second-order valence-corrected chi connectivity index (χ2v) is 4.27. The Kier molecular flexibility index (Phi) is 3.23. The Labute approximate surface area is 90.8 Å². The molecule has 1 saturated heterocycles. The Morgan fingerprint density at radius 2 is 2.40 bits per heavy atom. The average molecular weight is 206 g/mol. The van der Waals surface area contributed by atoms with Crippen LogP contribution in [0.5, 0.6) is 0 Å². The van der Waals surface area contributed by atoms with E-state index in [1.54, 1.807) is 0 Å². The molecule has 0 spiro atoms. The zero-order valence-corrected chi connectivity index (χ0v) is 9.15. The molecule has 3 nitrogen and oxygen atoms in total. The molecular formula is C12H18N2O. The van der Waals surface area contributed by atoms with Crippen molar-refractivity contribution in [3.8, 4) is 0 Å². The highest BCUT2D eigenvalue weighted by atomic mass is 16.6. The summed E-state index contributed by atoms with van der Waals surface area (Å²) in [5, 5.41) is 0. The van der Waals surface area contributed by atoms with Crippen molar-refractivity contribution in [3.63, 3.8) is 0 Å². The van der Waals surface area contributed by atoms with Gasteiger partial charge in [0.25, 0.3) is 0 Å². The van der Waals surface area contributed by atoms with Gasteiger partial charge in [0, 0.05) is 24.7 Å². The molecule has 0 saturated carbocycles. The van der Waals surface area contributed by atoms with Crippen LogP contribution in [0.4, 0.5) is 5.69 Å². The zero-order chi connectivity index (χ0) is 10.7. The molecule has 15 heavy (non-hydrogen) atoms. The summed E-state index contributed by atoms with van der Waals surface area (Å²) in [4.78, 5) is 7.11. The SMILES string of the molecule is Cc1cccc(N2CCC(CON)C2)c1. The zero-order valence-electron chi connectivity index (χ0n) is 9.15. The molecule has 0 amide bonds. The first kappa shape index (κ1) is 10.5. The van der Waals surface area contributed by atoms with Crippen molar-refractivity contribution >= 4 is 5.69 Å². The minimum absolute atomic E-state index is 0.579. The van der Waals surface area contributed by atoms with Crippen LogP contribution in [0.1, 0.15) is 12.0 Å². The third-order valence-corrected chi connectivity index (χ3v) is 2.98. The largest absolute Gasteiger partial charge is 0.371 e. The maximum atomic E-state index is 5.10. The van der Waals surface area contributed by atoms with Gasteiger partial charge in [-0.15, -0.1) is 0 Å². The molecule has 2 rings (SSSR count). The molecule has 1 aromatic rings. The topological polar surface area (TPSA) is 38.5 Å². The van der Waals surface area contributed by atoms with Gasteiger partial charge in [0.1, 0.15) is 0 Å². The predicted molar refractivity (Wildman–Crippen MR) is 61.6 cm³/mol. The molecule has 3 heteroatoms. The number of nitrogens with zero attached hydrogens (tertiary/aromatic N) is 1. The summed E-state index contributed by atoms with van der Waals surface area (Å²) in [6.07, 6.45) is 1.17. The number of rotatable bonds is 3. The average Bonchev–Trinajstić information content (AvgIpc) is 2.67. The first-order valence-corrected chi connectivity index (χ1v) is 5.43. The summed E-state index contributed by atoms with van der Waals surface area (Å²) in [5.74, 6) is 5.68. The van der Waals surface area contributed by atoms with Crippen molar-refractivity contribution in [3.05, 3.63) is 29.8 Å². The summed E-state index contributed by atoms with van der Waals surface area (Å²) < 4.78 is 0. The molecule has 0 aliphatic carbocycles. The Bertz CT molecular complexity index is 327. The Morgan fingerprint density at radius 1 is 1.53 bits per heavy atom. The summed E-state index contributed by atoms with van der Waals surface area (Å²) >= 11 is 0. The fourth-order valence-corrected chi connectivity index (χ4v) is 2.16. The lowest BCUT2D eigenvalue weighted by molar-refractivity contribution is 0.108. The van der Waals surface area contributed by atoms with Gasteiger partial charge in [-0.25, -0.2) is 5.90 Å². The second kappa shape index (κ2) is 4.64. The van der Waals surface area contributed by atoms with E-state index in [0.717, 1.165) is 13.1 Å². The Morgan fingerprint density at radius 3 is 3.13 bits per heavy atom. The number of benzene rings is 1. The van der Waals surface area contributed by atoms with E-state index in [4.69, 9.17) is 10.7 Å². The van der Waals surface area contributed by atoms with Crippen LogP contribution in [0, 0.1) is 12.8 Å². The molecule has 1 atom stereocenters. The van der Waals surface area contributed by atoms with Crippen LogP contribution in [-0.4, -0.2) is 19.7 Å². The van der Waals surface area contributed by atoms with E-state index in [2.05, 4.69) is 36.1 Å². The lowest BCUT2D eigenvalue weighted by atomic mass is 10.1. The van der Waals surface area contributed by atoms with Crippen LogP contribution in [-0.2, 0) is 4.84 Å². The van der Waals surface area contributed by atoms with Crippen molar-refractivity contribution in [1.82, 2.24) is 0 Å². The maximum absolute atomic E-state index is 5.10. The van der Waals surface area contributed by atoms with Gasteiger partial charge in [-0.2, -0.15) is 0 Å². The van der Waals surface area contributed by atoms with E-state index < -0.39 is 0 Å². The lowest BCUT2D eigenvalue weighted by Crippen LogP contribution is -2.21. The Hall–Kier alpha value is -1.06. The number of hydrogen-bond donors (Lipinski definition) is 1. The number of anilines is 1. The highest BCUT2D eigenvalue weighted by Gasteiger charge is 2.22. The molecule has 0 radical (unpaired) electrons.